The van der Waals surface area contributed by atoms with Gasteiger partial charge in [-0.05, 0) is 43.2 Å². The summed E-state index contributed by atoms with van der Waals surface area (Å²) >= 11 is 0. The number of unbranched alkanes of at least 4 members (excludes halogenated alkanes) is 10. The van der Waals surface area contributed by atoms with E-state index in [1.807, 2.05) is 6.07 Å². The van der Waals surface area contributed by atoms with Gasteiger partial charge in [-0.2, -0.15) is 0 Å². The summed E-state index contributed by atoms with van der Waals surface area (Å²) in [4.78, 5) is 10.9. The molecule has 148 valence electrons. The van der Waals surface area contributed by atoms with Crippen LogP contribution in [0.3, 0.4) is 0 Å². The maximum Gasteiger partial charge on any atom is 0.305 e. The van der Waals surface area contributed by atoms with E-state index in [0.29, 0.717) is 12.8 Å². The second-order valence-corrected chi connectivity index (χ2v) is 6.79. The van der Waals surface area contributed by atoms with E-state index >= 15 is 0 Å². The molecule has 0 aliphatic rings. The Hall–Kier alpha value is -2.13. The summed E-state index contributed by atoms with van der Waals surface area (Å²) < 4.78 is 9.92. The van der Waals surface area contributed by atoms with Crippen LogP contribution in [0.2, 0.25) is 0 Å². The van der Waals surface area contributed by atoms with Gasteiger partial charge >= 0.3 is 5.97 Å². The molecule has 0 amide bonds. The van der Waals surface area contributed by atoms with E-state index in [0.717, 1.165) is 25.0 Å². The summed E-state index contributed by atoms with van der Waals surface area (Å²) in [6.07, 6.45) is 17.3. The van der Waals surface area contributed by atoms with E-state index in [9.17, 15) is 4.79 Å². The van der Waals surface area contributed by atoms with Crippen molar-refractivity contribution >= 4 is 5.97 Å². The molecule has 0 bridgehead atoms. The molecule has 1 heterocycles. The number of methoxy groups -OCH3 is 1. The third kappa shape index (κ3) is 14.7. The van der Waals surface area contributed by atoms with Gasteiger partial charge in [0.2, 0.25) is 0 Å². The minimum Gasteiger partial charge on any atom is -0.469 e. The van der Waals surface area contributed by atoms with E-state index in [2.05, 4.69) is 34.5 Å². The minimum absolute atomic E-state index is 0.173. The van der Waals surface area contributed by atoms with Crippen molar-refractivity contribution < 1.29 is 13.9 Å². The van der Waals surface area contributed by atoms with Crippen molar-refractivity contribution in [1.29, 1.82) is 0 Å². The molecule has 0 radical (unpaired) electrons. The van der Waals surface area contributed by atoms with E-state index in [1.165, 1.54) is 64.9 Å². The van der Waals surface area contributed by atoms with Gasteiger partial charge in [0.1, 0.15) is 5.76 Å². The number of rotatable bonds is 14. The number of carbonyl (C=O) groups is 1. The maximum atomic E-state index is 10.9. The first-order chi connectivity index (χ1) is 13.3. The van der Waals surface area contributed by atoms with Crippen molar-refractivity contribution in [2.24, 2.45) is 0 Å². The molecular formula is C24H34O3. The Morgan fingerprint density at radius 2 is 1.48 bits per heavy atom. The van der Waals surface area contributed by atoms with Gasteiger partial charge in [-0.1, -0.05) is 56.8 Å². The van der Waals surface area contributed by atoms with Gasteiger partial charge in [0, 0.05) is 25.7 Å². The molecule has 0 saturated heterocycles. The highest BCUT2D eigenvalue weighted by Gasteiger charge is 1.97. The van der Waals surface area contributed by atoms with Gasteiger partial charge in [0.05, 0.1) is 13.4 Å². The maximum absolute atomic E-state index is 10.9. The monoisotopic (exact) mass is 370 g/mol. The Morgan fingerprint density at radius 1 is 0.889 bits per heavy atom. The first kappa shape index (κ1) is 22.9. The zero-order valence-electron chi connectivity index (χ0n) is 16.9. The second-order valence-electron chi connectivity index (χ2n) is 6.79. The zero-order valence-corrected chi connectivity index (χ0v) is 16.9. The molecule has 0 aromatic carbocycles. The van der Waals surface area contributed by atoms with Crippen molar-refractivity contribution in [2.45, 2.75) is 89.9 Å². The van der Waals surface area contributed by atoms with Crippen molar-refractivity contribution in [3.63, 3.8) is 0 Å². The molecular weight excluding hydrogens is 336 g/mol. The summed E-state index contributed by atoms with van der Waals surface area (Å²) in [5, 5.41) is 0. The fraction of sp³-hybridized carbons (Fsp3) is 0.625. The molecule has 1 aromatic heterocycles. The van der Waals surface area contributed by atoms with Crippen LogP contribution in [-0.2, 0) is 16.0 Å². The van der Waals surface area contributed by atoms with Crippen LogP contribution < -0.4 is 0 Å². The van der Waals surface area contributed by atoms with Gasteiger partial charge in [0.25, 0.3) is 0 Å². The predicted octanol–water partition coefficient (Wildman–Crippen LogP) is 6.07. The van der Waals surface area contributed by atoms with Crippen LogP contribution in [0, 0.1) is 23.7 Å². The summed E-state index contributed by atoms with van der Waals surface area (Å²) in [5.41, 5.74) is 0. The quantitative estimate of drug-likeness (QED) is 0.226. The van der Waals surface area contributed by atoms with Gasteiger partial charge in [0.15, 0.2) is 0 Å². The standard InChI is InChI=1S/C24H34O3/c1-26-24(25)21-17-15-13-11-9-7-5-3-2-4-6-8-10-12-14-16-19-23-20-18-22-27-23/h18,20,22H,2-6,8,10,12,14-17,19,21H2,1H3. The number of furan rings is 1. The van der Waals surface area contributed by atoms with Crippen molar-refractivity contribution in [3.8, 4) is 23.7 Å². The largest absolute Gasteiger partial charge is 0.469 e. The van der Waals surface area contributed by atoms with Gasteiger partial charge in [-0.25, -0.2) is 0 Å². The summed E-state index contributed by atoms with van der Waals surface area (Å²) in [6, 6.07) is 4.02. The summed E-state index contributed by atoms with van der Waals surface area (Å²) in [7, 11) is 1.41. The van der Waals surface area contributed by atoms with Crippen molar-refractivity contribution in [3.05, 3.63) is 24.2 Å². The number of hydrogen-bond donors (Lipinski definition) is 0. The Kier molecular flexibility index (Phi) is 14.7. The number of hydrogen-bond acceptors (Lipinski definition) is 3. The number of carbonyl (C=O) groups excluding carboxylic acids is 1. The smallest absolute Gasteiger partial charge is 0.305 e. The fourth-order valence-electron chi connectivity index (χ4n) is 2.84. The lowest BCUT2D eigenvalue weighted by atomic mass is 10.1. The lowest BCUT2D eigenvalue weighted by Gasteiger charge is -2.01. The molecule has 0 aliphatic heterocycles. The predicted molar refractivity (Wildman–Crippen MR) is 110 cm³/mol. The average Bonchev–Trinajstić information content (AvgIpc) is 3.20. The van der Waals surface area contributed by atoms with Crippen molar-refractivity contribution in [2.75, 3.05) is 7.11 Å². The van der Waals surface area contributed by atoms with Crippen LogP contribution in [0.15, 0.2) is 22.8 Å². The SMILES string of the molecule is COC(=O)CCCC#CC#CCCCCCCCCCCCc1ccco1. The molecule has 3 heteroatoms. The van der Waals surface area contributed by atoms with Crippen LogP contribution in [0.1, 0.15) is 89.2 Å². The number of ether oxygens (including phenoxy) is 1. The molecule has 0 saturated carbocycles. The van der Waals surface area contributed by atoms with Gasteiger partial charge in [-0.3, -0.25) is 4.79 Å². The molecule has 0 aliphatic carbocycles. The zero-order chi connectivity index (χ0) is 19.4. The Morgan fingerprint density at radius 3 is 2.07 bits per heavy atom. The third-order valence-corrected chi connectivity index (χ3v) is 4.45. The highest BCUT2D eigenvalue weighted by atomic mass is 16.5. The molecule has 1 rings (SSSR count). The fourth-order valence-corrected chi connectivity index (χ4v) is 2.84. The second kappa shape index (κ2) is 17.3. The highest BCUT2D eigenvalue weighted by Crippen LogP contribution is 2.12. The Labute approximate surface area is 165 Å². The van der Waals surface area contributed by atoms with Crippen molar-refractivity contribution in [1.82, 2.24) is 0 Å². The Balaban J connectivity index is 1.79. The first-order valence-corrected chi connectivity index (χ1v) is 10.4. The van der Waals surface area contributed by atoms with E-state index in [-0.39, 0.29) is 5.97 Å². The van der Waals surface area contributed by atoms with E-state index in [4.69, 9.17) is 4.42 Å². The van der Waals surface area contributed by atoms with Gasteiger partial charge in [-0.15, -0.1) is 0 Å². The molecule has 1 aromatic rings. The average molecular weight is 371 g/mol. The first-order valence-electron chi connectivity index (χ1n) is 10.4. The van der Waals surface area contributed by atoms with Crippen LogP contribution in [0.5, 0.6) is 0 Å². The topological polar surface area (TPSA) is 39.4 Å². The normalized spacial score (nSPS) is 9.81. The number of aryl methyl sites for hydroxylation is 1. The Bertz CT molecular complexity index is 593. The molecule has 0 fully saturated rings. The summed E-state index contributed by atoms with van der Waals surface area (Å²) in [5.74, 6) is 12.8. The van der Waals surface area contributed by atoms with Crippen LogP contribution >= 0.6 is 0 Å². The molecule has 0 spiro atoms. The molecule has 0 N–H and O–H groups in total. The molecule has 27 heavy (non-hydrogen) atoms. The summed E-state index contributed by atoms with van der Waals surface area (Å²) in [6.45, 7) is 0. The van der Waals surface area contributed by atoms with Crippen LogP contribution in [0.25, 0.3) is 0 Å². The van der Waals surface area contributed by atoms with Crippen LogP contribution in [-0.4, -0.2) is 13.1 Å². The highest BCUT2D eigenvalue weighted by molar-refractivity contribution is 5.69. The lowest BCUT2D eigenvalue weighted by molar-refractivity contribution is -0.140. The van der Waals surface area contributed by atoms with E-state index < -0.39 is 0 Å². The third-order valence-electron chi connectivity index (χ3n) is 4.45. The van der Waals surface area contributed by atoms with Gasteiger partial charge < -0.3 is 9.15 Å². The number of esters is 1. The lowest BCUT2D eigenvalue weighted by Crippen LogP contribution is -1.98. The molecule has 0 atom stereocenters. The van der Waals surface area contributed by atoms with E-state index in [1.54, 1.807) is 6.26 Å². The molecule has 0 unspecified atom stereocenters. The minimum atomic E-state index is -0.173. The van der Waals surface area contributed by atoms with Crippen LogP contribution in [0.4, 0.5) is 0 Å². The molecule has 3 nitrogen and oxygen atoms in total.